The van der Waals surface area contributed by atoms with Crippen molar-refractivity contribution in [2.45, 2.75) is 117 Å². The zero-order chi connectivity index (χ0) is 44.1. The smallest absolute Gasteiger partial charge is 0.247 e. The van der Waals surface area contributed by atoms with Crippen molar-refractivity contribution in [1.82, 2.24) is 4.57 Å². The molecule has 7 aromatic rings. The van der Waals surface area contributed by atoms with Gasteiger partial charge in [0.1, 0.15) is 11.2 Å². The van der Waals surface area contributed by atoms with Gasteiger partial charge in [0.2, 0.25) is 6.71 Å². The van der Waals surface area contributed by atoms with Gasteiger partial charge in [-0.25, -0.2) is 0 Å². The van der Waals surface area contributed by atoms with E-state index >= 15 is 0 Å². The van der Waals surface area contributed by atoms with Gasteiger partial charge in [-0.2, -0.15) is 0 Å². The molecule has 322 valence electrons. The van der Waals surface area contributed by atoms with E-state index in [4.69, 9.17) is 4.42 Å². The first-order valence-corrected chi connectivity index (χ1v) is 24.6. The third-order valence-electron chi connectivity index (χ3n) is 18.1. The number of aromatic nitrogens is 1. The number of hydrogen-bond donors (Lipinski definition) is 0. The summed E-state index contributed by atoms with van der Waals surface area (Å²) in [5.41, 5.74) is 24.9. The Morgan fingerprint density at radius 3 is 2.37 bits per heavy atom. The average molecular weight is 848 g/mol. The highest BCUT2D eigenvalue weighted by molar-refractivity contribution is 6.95. The van der Waals surface area contributed by atoms with Crippen LogP contribution in [-0.4, -0.2) is 22.9 Å². The van der Waals surface area contributed by atoms with E-state index in [1.54, 1.807) is 16.8 Å². The van der Waals surface area contributed by atoms with Crippen LogP contribution in [0.1, 0.15) is 111 Å². The molecular weight excluding hydrogens is 789 g/mol. The van der Waals surface area contributed by atoms with Crippen LogP contribution < -0.4 is 20.7 Å². The molecule has 1 fully saturated rings. The zero-order valence-corrected chi connectivity index (χ0v) is 39.3. The van der Waals surface area contributed by atoms with Gasteiger partial charge in [-0.1, -0.05) is 144 Å². The highest BCUT2D eigenvalue weighted by Crippen LogP contribution is 2.63. The van der Waals surface area contributed by atoms with Crippen molar-refractivity contribution in [1.29, 1.82) is 0 Å². The van der Waals surface area contributed by atoms with Crippen molar-refractivity contribution in [2.24, 2.45) is 10.8 Å². The maximum absolute atomic E-state index is 6.69. The van der Waals surface area contributed by atoms with Crippen molar-refractivity contribution < 1.29 is 4.42 Å². The lowest BCUT2D eigenvalue weighted by Gasteiger charge is -2.52. The maximum atomic E-state index is 6.69. The molecular formula is C60H58BN3O. The summed E-state index contributed by atoms with van der Waals surface area (Å²) in [4.78, 5) is 5.66. The van der Waals surface area contributed by atoms with Crippen LogP contribution in [0.3, 0.4) is 0 Å². The molecule has 4 nitrogen and oxygen atoms in total. The van der Waals surface area contributed by atoms with Gasteiger partial charge >= 0.3 is 0 Å². The molecule has 0 N–H and O–H groups in total. The van der Waals surface area contributed by atoms with E-state index < -0.39 is 0 Å². The van der Waals surface area contributed by atoms with Gasteiger partial charge in [0.25, 0.3) is 0 Å². The van der Waals surface area contributed by atoms with Crippen LogP contribution in [0.5, 0.6) is 0 Å². The fraction of sp³-hybridized carbons (Fsp3) is 0.333. The number of hydrogen-bond acceptors (Lipinski definition) is 3. The summed E-state index contributed by atoms with van der Waals surface area (Å²) in [5, 5.41) is 3.78. The lowest BCUT2D eigenvalue weighted by Crippen LogP contribution is -2.60. The quantitative estimate of drug-likeness (QED) is 0.162. The molecule has 0 radical (unpaired) electrons. The van der Waals surface area contributed by atoms with Crippen LogP contribution in [0.15, 0.2) is 148 Å². The number of benzene rings is 5. The van der Waals surface area contributed by atoms with Gasteiger partial charge in [-0.3, -0.25) is 0 Å². The van der Waals surface area contributed by atoms with Crippen molar-refractivity contribution in [3.8, 4) is 11.3 Å². The first-order valence-electron chi connectivity index (χ1n) is 24.6. The number of anilines is 3. The van der Waals surface area contributed by atoms with E-state index in [1.807, 2.05) is 0 Å². The Labute approximate surface area is 384 Å². The summed E-state index contributed by atoms with van der Waals surface area (Å²) in [5.74, 6) is 0. The first kappa shape index (κ1) is 38.3. The van der Waals surface area contributed by atoms with Crippen molar-refractivity contribution in [2.75, 3.05) is 9.80 Å². The van der Waals surface area contributed by atoms with E-state index in [-0.39, 0.29) is 34.5 Å². The molecule has 14 rings (SSSR count). The van der Waals surface area contributed by atoms with Crippen LogP contribution in [0, 0.1) is 10.8 Å². The number of para-hydroxylation sites is 2. The molecule has 0 saturated heterocycles. The highest BCUT2D eigenvalue weighted by atomic mass is 16.3. The van der Waals surface area contributed by atoms with Gasteiger partial charge in [0.05, 0.1) is 28.3 Å². The van der Waals surface area contributed by atoms with E-state index in [9.17, 15) is 0 Å². The summed E-state index contributed by atoms with van der Waals surface area (Å²) < 4.78 is 9.40. The van der Waals surface area contributed by atoms with E-state index in [2.05, 4.69) is 185 Å². The summed E-state index contributed by atoms with van der Waals surface area (Å²) >= 11 is 0. The van der Waals surface area contributed by atoms with Crippen LogP contribution in [-0.2, 0) is 5.41 Å². The predicted molar refractivity (Wildman–Crippen MR) is 273 cm³/mol. The van der Waals surface area contributed by atoms with Gasteiger partial charge in [0, 0.05) is 55.5 Å². The largest absolute Gasteiger partial charge is 0.456 e. The van der Waals surface area contributed by atoms with Crippen LogP contribution in [0.2, 0.25) is 0 Å². The van der Waals surface area contributed by atoms with E-state index in [0.717, 1.165) is 30.4 Å². The third kappa shape index (κ3) is 4.65. The summed E-state index contributed by atoms with van der Waals surface area (Å²) in [6.45, 7) is 19.8. The molecule has 5 heterocycles. The average Bonchev–Trinajstić information content (AvgIpc) is 3.98. The second-order valence-electron chi connectivity index (χ2n) is 22.7. The lowest BCUT2D eigenvalue weighted by molar-refractivity contribution is 0.153. The topological polar surface area (TPSA) is 24.6 Å². The minimum Gasteiger partial charge on any atom is -0.456 e. The molecule has 1 saturated carbocycles. The Morgan fingerprint density at radius 1 is 0.738 bits per heavy atom. The Kier molecular flexibility index (Phi) is 7.37. The molecule has 0 bridgehead atoms. The fourth-order valence-electron chi connectivity index (χ4n) is 14.9. The number of allylic oxidation sites excluding steroid dienone is 5. The lowest BCUT2D eigenvalue weighted by atomic mass is 9.31. The van der Waals surface area contributed by atoms with Gasteiger partial charge in [0.15, 0.2) is 0 Å². The molecule has 7 aliphatic rings. The predicted octanol–water partition coefficient (Wildman–Crippen LogP) is 14.3. The Bertz CT molecular complexity index is 3450. The first-order chi connectivity index (χ1) is 31.3. The standard InChI is InChI=1S/C60H58BN3O/c1-35-31-48-54-49(32-35)63-55-40(53-56(63)38-17-9-11-20-41(38)58(53,5)6)19-15-21-44(55)61(54)43-27-26-37(34-47(43)62(48)46-22-16-24-51-52(46)39-18-10-12-23-50(39)65-51)64-45-28-25-36(57(2,3)4)33-42(45)59(7)29-13-14-30-60(59,64)8/h9-12,15-24,26-27,32-34,48H,13-14,25,28-31H2,1-8H3. The third-order valence-corrected chi connectivity index (χ3v) is 18.1. The Hall–Kier alpha value is -5.94. The molecule has 3 unspecified atom stereocenters. The molecule has 5 aromatic carbocycles. The minimum atomic E-state index is -0.118. The summed E-state index contributed by atoms with van der Waals surface area (Å²) in [6.07, 6.45) is 13.4. The van der Waals surface area contributed by atoms with E-state index in [1.165, 1.54) is 114 Å². The second-order valence-corrected chi connectivity index (χ2v) is 22.7. The molecule has 0 amide bonds. The maximum Gasteiger partial charge on any atom is 0.247 e. The van der Waals surface area contributed by atoms with Gasteiger partial charge in [-0.05, 0) is 121 Å². The Balaban J connectivity index is 1.07. The molecule has 3 atom stereocenters. The number of rotatable bonds is 2. The number of fused-ring (bicyclic) bond motifs is 14. The Morgan fingerprint density at radius 2 is 1.51 bits per heavy atom. The van der Waals surface area contributed by atoms with Crippen LogP contribution in [0.4, 0.5) is 17.1 Å². The molecule has 4 aliphatic carbocycles. The van der Waals surface area contributed by atoms with Crippen molar-refractivity contribution in [3.63, 3.8) is 0 Å². The summed E-state index contributed by atoms with van der Waals surface area (Å²) in [7, 11) is 0. The van der Waals surface area contributed by atoms with Crippen LogP contribution >= 0.6 is 0 Å². The number of furan rings is 1. The van der Waals surface area contributed by atoms with E-state index in [0.29, 0.717) is 0 Å². The fourth-order valence-corrected chi connectivity index (χ4v) is 14.9. The molecule has 5 heteroatoms. The minimum absolute atomic E-state index is 0.0163. The molecule has 2 aromatic heterocycles. The SMILES string of the molecule is CC1=CC2=C3B(c4ccc(N5C6=C(C=C(C(C)(C)C)CC6)C6(C)CCCCC56C)cc4N(c4cccc5oc6ccccc6c45)C3C1)c1cccc3c4c(n2c13)-c1ccccc1C4(C)C. The zero-order valence-electron chi connectivity index (χ0n) is 39.3. The molecule has 65 heavy (non-hydrogen) atoms. The molecule has 0 spiro atoms. The number of nitrogens with zero attached hydrogens (tertiary/aromatic N) is 3. The normalized spacial score (nSPS) is 24.9. The summed E-state index contributed by atoms with van der Waals surface area (Å²) in [6, 6.07) is 39.7. The monoisotopic (exact) mass is 847 g/mol. The van der Waals surface area contributed by atoms with Gasteiger partial charge < -0.3 is 18.8 Å². The molecule has 3 aliphatic heterocycles. The van der Waals surface area contributed by atoms with Crippen molar-refractivity contribution in [3.05, 3.63) is 154 Å². The highest BCUT2D eigenvalue weighted by Gasteiger charge is 2.59. The van der Waals surface area contributed by atoms with Crippen molar-refractivity contribution >= 4 is 73.2 Å². The second kappa shape index (κ2) is 12.5. The van der Waals surface area contributed by atoms with Crippen LogP contribution in [0.25, 0.3) is 49.8 Å². The van der Waals surface area contributed by atoms with Gasteiger partial charge in [-0.15, -0.1) is 0 Å².